The van der Waals surface area contributed by atoms with E-state index < -0.39 is 28.6 Å². The van der Waals surface area contributed by atoms with Crippen molar-refractivity contribution in [2.45, 2.75) is 13.5 Å². The molecule has 10 heteroatoms. The van der Waals surface area contributed by atoms with Crippen LogP contribution in [0.3, 0.4) is 0 Å². The maximum Gasteiger partial charge on any atom is 0.341 e. The number of carboxylic acid groups (broad SMARTS) is 1. The molecule has 1 unspecified atom stereocenters. The van der Waals surface area contributed by atoms with Gasteiger partial charge >= 0.3 is 5.97 Å². The Bertz CT molecular complexity index is 1030. The van der Waals surface area contributed by atoms with Crippen LogP contribution in [0.1, 0.15) is 17.3 Å². The molecule has 0 bridgehead atoms. The molecule has 2 heterocycles. The third-order valence-electron chi connectivity index (χ3n) is 4.87. The SMILES string of the molecule is CCn1cc(C(=O)O)c(=O)c2cc(F)c(N3C/C(=N/OC)C(CN)C3)c(F)c21. The molecule has 3 rings (SSSR count). The summed E-state index contributed by atoms with van der Waals surface area (Å²) in [5.41, 5.74) is 4.36. The number of aromatic nitrogens is 1. The predicted octanol–water partition coefficient (Wildman–Crippen LogP) is 1.40. The van der Waals surface area contributed by atoms with Gasteiger partial charge in [0.1, 0.15) is 24.2 Å². The van der Waals surface area contributed by atoms with E-state index in [4.69, 9.17) is 10.6 Å². The Kier molecular flexibility index (Phi) is 5.32. The summed E-state index contributed by atoms with van der Waals surface area (Å²) in [7, 11) is 1.38. The molecule has 2 aromatic rings. The molecule has 0 aliphatic carbocycles. The van der Waals surface area contributed by atoms with E-state index in [1.807, 2.05) is 0 Å². The fourth-order valence-electron chi connectivity index (χ4n) is 3.53. The monoisotopic (exact) mass is 394 g/mol. The van der Waals surface area contributed by atoms with Crippen LogP contribution in [0.25, 0.3) is 10.9 Å². The topological polar surface area (TPSA) is 110 Å². The fourth-order valence-corrected chi connectivity index (χ4v) is 3.53. The second-order valence-corrected chi connectivity index (χ2v) is 6.46. The molecule has 1 saturated heterocycles. The normalized spacial score (nSPS) is 18.2. The quantitative estimate of drug-likeness (QED) is 0.742. The van der Waals surface area contributed by atoms with E-state index >= 15 is 4.39 Å². The molecule has 1 atom stereocenters. The van der Waals surface area contributed by atoms with Gasteiger partial charge in [0.25, 0.3) is 0 Å². The van der Waals surface area contributed by atoms with E-state index in [1.54, 1.807) is 6.92 Å². The molecular formula is C18H20F2N4O4. The van der Waals surface area contributed by atoms with Crippen molar-refractivity contribution in [3.05, 3.63) is 39.7 Å². The van der Waals surface area contributed by atoms with E-state index in [0.29, 0.717) is 5.71 Å². The van der Waals surface area contributed by atoms with Crippen LogP contribution >= 0.6 is 0 Å². The van der Waals surface area contributed by atoms with E-state index in [-0.39, 0.29) is 48.7 Å². The maximum absolute atomic E-state index is 15.4. The van der Waals surface area contributed by atoms with E-state index in [0.717, 1.165) is 12.3 Å². The van der Waals surface area contributed by atoms with E-state index in [2.05, 4.69) is 5.16 Å². The van der Waals surface area contributed by atoms with Gasteiger partial charge in [0.05, 0.1) is 23.2 Å². The van der Waals surface area contributed by atoms with Crippen molar-refractivity contribution >= 4 is 28.3 Å². The highest BCUT2D eigenvalue weighted by atomic mass is 19.1. The molecule has 0 saturated carbocycles. The Labute approximate surface area is 158 Å². The summed E-state index contributed by atoms with van der Waals surface area (Å²) in [5.74, 6) is -3.57. The molecule has 1 aliphatic rings. The molecule has 0 spiro atoms. The molecule has 0 radical (unpaired) electrons. The van der Waals surface area contributed by atoms with Gasteiger partial charge in [-0.2, -0.15) is 0 Å². The second kappa shape index (κ2) is 7.55. The zero-order valence-electron chi connectivity index (χ0n) is 15.4. The van der Waals surface area contributed by atoms with Crippen LogP contribution < -0.4 is 16.1 Å². The molecular weight excluding hydrogens is 374 g/mol. The molecule has 1 aliphatic heterocycles. The van der Waals surface area contributed by atoms with Gasteiger partial charge in [-0.1, -0.05) is 5.16 Å². The highest BCUT2D eigenvalue weighted by molar-refractivity contribution is 5.96. The molecule has 1 fully saturated rings. The predicted molar refractivity (Wildman–Crippen MR) is 100.0 cm³/mol. The summed E-state index contributed by atoms with van der Waals surface area (Å²) in [5, 5.41) is 12.8. The summed E-state index contributed by atoms with van der Waals surface area (Å²) in [4.78, 5) is 29.9. The highest BCUT2D eigenvalue weighted by Crippen LogP contribution is 2.32. The standard InChI is InChI=1S/C18H20F2N4O4/c1-3-23-7-11(18(26)27)17(25)10-4-12(19)16(14(20)15(10)23)24-6-9(5-21)13(8-24)22-28-2/h4,7,9H,3,5-6,8,21H2,1-2H3,(H,26,27)/b22-13-. The van der Waals surface area contributed by atoms with Crippen LogP contribution in [0.15, 0.2) is 22.2 Å². The third-order valence-corrected chi connectivity index (χ3v) is 4.87. The zero-order chi connectivity index (χ0) is 20.6. The molecule has 28 heavy (non-hydrogen) atoms. The number of aromatic carboxylic acids is 1. The number of carbonyl (C=O) groups is 1. The first-order chi connectivity index (χ1) is 13.3. The first-order valence-corrected chi connectivity index (χ1v) is 8.67. The van der Waals surface area contributed by atoms with Crippen LogP contribution in [-0.2, 0) is 11.4 Å². The van der Waals surface area contributed by atoms with E-state index in [1.165, 1.54) is 16.6 Å². The summed E-state index contributed by atoms with van der Waals surface area (Å²) < 4.78 is 31.5. The Morgan fingerprint density at radius 2 is 2.18 bits per heavy atom. The number of halogens is 2. The minimum atomic E-state index is -1.45. The maximum atomic E-state index is 15.4. The number of pyridine rings is 1. The van der Waals surface area contributed by atoms with Crippen molar-refractivity contribution in [3.8, 4) is 0 Å². The van der Waals surface area contributed by atoms with Crippen LogP contribution in [-0.4, -0.2) is 48.1 Å². The number of benzene rings is 1. The van der Waals surface area contributed by atoms with Crippen molar-refractivity contribution in [1.29, 1.82) is 0 Å². The first kappa shape index (κ1) is 19.7. The lowest BCUT2D eigenvalue weighted by Gasteiger charge is -2.21. The van der Waals surface area contributed by atoms with Crippen molar-refractivity contribution in [2.24, 2.45) is 16.8 Å². The van der Waals surface area contributed by atoms with Gasteiger partial charge < -0.3 is 25.1 Å². The second-order valence-electron chi connectivity index (χ2n) is 6.46. The Balaban J connectivity index is 2.24. The Hall–Kier alpha value is -3.01. The fraction of sp³-hybridized carbons (Fsp3) is 0.389. The number of anilines is 1. The highest BCUT2D eigenvalue weighted by Gasteiger charge is 2.33. The Morgan fingerprint density at radius 3 is 2.75 bits per heavy atom. The smallest absolute Gasteiger partial charge is 0.341 e. The molecule has 1 aromatic carbocycles. The molecule has 1 aromatic heterocycles. The number of rotatable bonds is 5. The van der Waals surface area contributed by atoms with Gasteiger partial charge in [0.15, 0.2) is 5.82 Å². The largest absolute Gasteiger partial charge is 0.477 e. The van der Waals surface area contributed by atoms with Crippen LogP contribution in [0.4, 0.5) is 14.5 Å². The number of carboxylic acids is 1. The summed E-state index contributed by atoms with van der Waals surface area (Å²) >= 11 is 0. The zero-order valence-corrected chi connectivity index (χ0v) is 15.4. The van der Waals surface area contributed by atoms with Crippen LogP contribution in [0, 0.1) is 17.6 Å². The van der Waals surface area contributed by atoms with Crippen molar-refractivity contribution < 1.29 is 23.5 Å². The molecule has 8 nitrogen and oxygen atoms in total. The van der Waals surface area contributed by atoms with Crippen molar-refractivity contribution in [2.75, 3.05) is 31.6 Å². The molecule has 0 amide bonds. The van der Waals surface area contributed by atoms with Gasteiger partial charge in [0.2, 0.25) is 5.43 Å². The molecule has 3 N–H and O–H groups in total. The van der Waals surface area contributed by atoms with Gasteiger partial charge in [-0.3, -0.25) is 4.79 Å². The van der Waals surface area contributed by atoms with Crippen LogP contribution in [0.2, 0.25) is 0 Å². The minimum Gasteiger partial charge on any atom is -0.477 e. The van der Waals surface area contributed by atoms with Crippen molar-refractivity contribution in [3.63, 3.8) is 0 Å². The average Bonchev–Trinajstić information content (AvgIpc) is 3.05. The lowest BCUT2D eigenvalue weighted by molar-refractivity contribution is 0.0695. The summed E-state index contributed by atoms with van der Waals surface area (Å²) in [6.45, 7) is 2.46. The minimum absolute atomic E-state index is 0.124. The lowest BCUT2D eigenvalue weighted by atomic mass is 10.1. The van der Waals surface area contributed by atoms with E-state index in [9.17, 15) is 19.1 Å². The summed E-state index contributed by atoms with van der Waals surface area (Å²) in [6.07, 6.45) is 1.07. The number of oxime groups is 1. The van der Waals surface area contributed by atoms with Gasteiger partial charge in [-0.15, -0.1) is 0 Å². The number of nitrogens with zero attached hydrogens (tertiary/aromatic N) is 3. The number of hydrogen-bond acceptors (Lipinski definition) is 6. The lowest BCUT2D eigenvalue weighted by Crippen LogP contribution is -2.26. The number of fused-ring (bicyclic) bond motifs is 1. The average molecular weight is 394 g/mol. The van der Waals surface area contributed by atoms with Crippen LogP contribution in [0.5, 0.6) is 0 Å². The molecule has 150 valence electrons. The number of hydrogen-bond donors (Lipinski definition) is 2. The summed E-state index contributed by atoms with van der Waals surface area (Å²) in [6, 6.07) is 0.886. The van der Waals surface area contributed by atoms with Gasteiger partial charge in [-0.05, 0) is 13.0 Å². The van der Waals surface area contributed by atoms with Gasteiger partial charge in [0, 0.05) is 31.7 Å². The number of aryl methyl sites for hydroxylation is 1. The van der Waals surface area contributed by atoms with Gasteiger partial charge in [-0.25, -0.2) is 13.6 Å². The first-order valence-electron chi connectivity index (χ1n) is 8.67. The number of nitrogens with two attached hydrogens (primary N) is 1. The third kappa shape index (κ3) is 3.09. The Morgan fingerprint density at radius 1 is 1.46 bits per heavy atom. The van der Waals surface area contributed by atoms with Crippen molar-refractivity contribution in [1.82, 2.24) is 4.57 Å².